The normalized spacial score (nSPS) is 11.6. The summed E-state index contributed by atoms with van der Waals surface area (Å²) >= 11 is 0. The number of halogens is 6. The first-order valence-electron chi connectivity index (χ1n) is 4.18. The number of nitrogens with zero attached hydrogens (tertiary/aromatic N) is 2. The second-order valence-electron chi connectivity index (χ2n) is 2.99. The van der Waals surface area contributed by atoms with E-state index in [1.54, 1.807) is 0 Å². The van der Waals surface area contributed by atoms with Crippen molar-refractivity contribution in [2.75, 3.05) is 0 Å². The number of aromatic nitrogens is 1. The van der Waals surface area contributed by atoms with Crippen molar-refractivity contribution in [3.63, 3.8) is 0 Å². The fourth-order valence-electron chi connectivity index (χ4n) is 1.29. The lowest BCUT2D eigenvalue weighted by Gasteiger charge is -2.15. The fourth-order valence-corrected chi connectivity index (χ4v) is 1.29. The summed E-state index contributed by atoms with van der Waals surface area (Å²) in [6, 6.07) is 1.28. The Balaban J connectivity index is 3.57. The first kappa shape index (κ1) is 13.3. The maximum absolute atomic E-state index is 13.0. The molecule has 0 unspecified atom stereocenters. The second kappa shape index (κ2) is 4.61. The molecular weight excluding hydrogens is 250 g/mol. The summed E-state index contributed by atoms with van der Waals surface area (Å²) in [5, 5.41) is 8.26. The van der Waals surface area contributed by atoms with Crippen molar-refractivity contribution in [3.8, 4) is 6.07 Å². The molecule has 0 saturated carbocycles. The van der Waals surface area contributed by atoms with Crippen LogP contribution in [0.4, 0.5) is 26.3 Å². The van der Waals surface area contributed by atoms with Crippen LogP contribution in [0, 0.1) is 17.3 Å². The largest absolute Gasteiger partial charge is 0.417 e. The fraction of sp³-hybridized carbons (Fsp3) is 0.333. The molecular formula is C9H4F6N2. The van der Waals surface area contributed by atoms with Gasteiger partial charge in [-0.15, -0.1) is 0 Å². The van der Waals surface area contributed by atoms with Crippen molar-refractivity contribution in [2.45, 2.75) is 19.0 Å². The van der Waals surface area contributed by atoms with Gasteiger partial charge in [0.05, 0.1) is 18.1 Å². The van der Waals surface area contributed by atoms with Gasteiger partial charge in [0.15, 0.2) is 0 Å². The van der Waals surface area contributed by atoms with Crippen LogP contribution in [-0.4, -0.2) is 4.98 Å². The van der Waals surface area contributed by atoms with E-state index in [0.29, 0.717) is 0 Å². The zero-order chi connectivity index (χ0) is 13.2. The average molecular weight is 254 g/mol. The Morgan fingerprint density at radius 2 is 1.94 bits per heavy atom. The summed E-state index contributed by atoms with van der Waals surface area (Å²) in [7, 11) is 0. The number of hydrogen-bond donors (Lipinski definition) is 0. The van der Waals surface area contributed by atoms with Crippen LogP contribution in [0.25, 0.3) is 0 Å². The molecule has 0 atom stereocenters. The third-order valence-corrected chi connectivity index (χ3v) is 1.93. The van der Waals surface area contributed by atoms with E-state index in [-0.39, 0.29) is 6.20 Å². The van der Waals surface area contributed by atoms with Crippen LogP contribution in [0.2, 0.25) is 0 Å². The Bertz CT molecular complexity index is 460. The van der Waals surface area contributed by atoms with Crippen molar-refractivity contribution in [2.24, 2.45) is 0 Å². The molecule has 2 nitrogen and oxygen atoms in total. The molecule has 0 amide bonds. The summed E-state index contributed by atoms with van der Waals surface area (Å²) in [6.45, 7) is 0. The third kappa shape index (κ3) is 2.67. The van der Waals surface area contributed by atoms with Crippen molar-refractivity contribution < 1.29 is 26.3 Å². The molecule has 1 aromatic rings. The summed E-state index contributed by atoms with van der Waals surface area (Å²) in [5.74, 6) is -1.57. The Kier molecular flexibility index (Phi) is 3.60. The molecule has 0 N–H and O–H groups in total. The SMILES string of the molecule is N#CCc1c(F)ncc(C(F)F)c1C(F)(F)F. The van der Waals surface area contributed by atoms with Gasteiger partial charge in [0.1, 0.15) is 0 Å². The van der Waals surface area contributed by atoms with Crippen LogP contribution in [0.15, 0.2) is 6.20 Å². The minimum atomic E-state index is -5.16. The Labute approximate surface area is 91.5 Å². The third-order valence-electron chi connectivity index (χ3n) is 1.93. The highest BCUT2D eigenvalue weighted by Gasteiger charge is 2.39. The molecule has 0 bridgehead atoms. The van der Waals surface area contributed by atoms with Crippen LogP contribution in [0.1, 0.15) is 23.1 Å². The monoisotopic (exact) mass is 254 g/mol. The zero-order valence-corrected chi connectivity index (χ0v) is 8.02. The Morgan fingerprint density at radius 3 is 2.35 bits per heavy atom. The summed E-state index contributed by atoms with van der Waals surface area (Å²) in [4.78, 5) is 2.80. The minimum Gasteiger partial charge on any atom is -0.228 e. The van der Waals surface area contributed by atoms with Gasteiger partial charge in [-0.05, 0) is 0 Å². The predicted molar refractivity (Wildman–Crippen MR) is 43.5 cm³/mol. The molecule has 8 heteroatoms. The maximum atomic E-state index is 13.0. The molecule has 0 aliphatic carbocycles. The van der Waals surface area contributed by atoms with Crippen molar-refractivity contribution >= 4 is 0 Å². The van der Waals surface area contributed by atoms with Crippen LogP contribution in [0.3, 0.4) is 0 Å². The number of hydrogen-bond acceptors (Lipinski definition) is 2. The molecule has 1 aromatic heterocycles. The molecule has 1 rings (SSSR count). The van der Waals surface area contributed by atoms with Gasteiger partial charge in [-0.3, -0.25) is 0 Å². The Hall–Kier alpha value is -1.78. The van der Waals surface area contributed by atoms with Gasteiger partial charge in [0, 0.05) is 17.3 Å². The highest BCUT2D eigenvalue weighted by atomic mass is 19.4. The van der Waals surface area contributed by atoms with Crippen molar-refractivity contribution in [3.05, 3.63) is 28.8 Å². The molecule has 17 heavy (non-hydrogen) atoms. The van der Waals surface area contributed by atoms with E-state index >= 15 is 0 Å². The quantitative estimate of drug-likeness (QED) is 0.600. The highest BCUT2D eigenvalue weighted by Crippen LogP contribution is 2.39. The van der Waals surface area contributed by atoms with Crippen LogP contribution in [0.5, 0.6) is 0 Å². The van der Waals surface area contributed by atoms with Gasteiger partial charge >= 0.3 is 6.18 Å². The Morgan fingerprint density at radius 1 is 1.35 bits per heavy atom. The average Bonchev–Trinajstić information content (AvgIpc) is 2.18. The number of rotatable bonds is 2. The van der Waals surface area contributed by atoms with Gasteiger partial charge in [-0.25, -0.2) is 13.8 Å². The van der Waals surface area contributed by atoms with Gasteiger partial charge in [-0.1, -0.05) is 0 Å². The van der Waals surface area contributed by atoms with Gasteiger partial charge in [-0.2, -0.15) is 22.8 Å². The summed E-state index contributed by atoms with van der Waals surface area (Å²) in [5.41, 5.74) is -4.40. The number of nitriles is 1. The molecule has 0 aliphatic rings. The van der Waals surface area contributed by atoms with Crippen LogP contribution < -0.4 is 0 Å². The summed E-state index contributed by atoms with van der Waals surface area (Å²) in [6.07, 6.45) is -9.46. The maximum Gasteiger partial charge on any atom is 0.417 e. The van der Waals surface area contributed by atoms with E-state index in [1.165, 1.54) is 6.07 Å². The first-order chi connectivity index (χ1) is 7.79. The standard InChI is InChI=1S/C9H4F6N2/c10-7(11)5-3-17-8(12)4(1-2-16)6(5)9(13,14)15/h3,7H,1H2. The number of pyridine rings is 1. The van der Waals surface area contributed by atoms with Crippen LogP contribution in [-0.2, 0) is 12.6 Å². The predicted octanol–water partition coefficient (Wildman–Crippen LogP) is 3.24. The first-order valence-corrected chi connectivity index (χ1v) is 4.18. The van der Waals surface area contributed by atoms with E-state index in [4.69, 9.17) is 5.26 Å². The van der Waals surface area contributed by atoms with E-state index in [0.717, 1.165) is 0 Å². The number of alkyl halides is 5. The molecule has 0 aromatic carbocycles. The van der Waals surface area contributed by atoms with Gasteiger partial charge in [0.2, 0.25) is 5.95 Å². The minimum absolute atomic E-state index is 0.129. The molecule has 0 fully saturated rings. The topological polar surface area (TPSA) is 36.7 Å². The van der Waals surface area contributed by atoms with Crippen molar-refractivity contribution in [1.29, 1.82) is 5.26 Å². The lowest BCUT2D eigenvalue weighted by atomic mass is 10.0. The van der Waals surface area contributed by atoms with E-state index in [9.17, 15) is 26.3 Å². The lowest BCUT2D eigenvalue weighted by Crippen LogP contribution is -2.16. The van der Waals surface area contributed by atoms with Crippen molar-refractivity contribution in [1.82, 2.24) is 4.98 Å². The molecule has 0 radical (unpaired) electrons. The zero-order valence-electron chi connectivity index (χ0n) is 8.02. The lowest BCUT2D eigenvalue weighted by molar-refractivity contribution is -0.140. The van der Waals surface area contributed by atoms with Crippen LogP contribution >= 0.6 is 0 Å². The van der Waals surface area contributed by atoms with Gasteiger partial charge < -0.3 is 0 Å². The smallest absolute Gasteiger partial charge is 0.228 e. The molecule has 0 saturated heterocycles. The van der Waals surface area contributed by atoms with E-state index in [1.807, 2.05) is 0 Å². The molecule has 0 aliphatic heterocycles. The molecule has 92 valence electrons. The molecule has 0 spiro atoms. The van der Waals surface area contributed by atoms with E-state index < -0.39 is 41.7 Å². The second-order valence-corrected chi connectivity index (χ2v) is 2.99. The van der Waals surface area contributed by atoms with Gasteiger partial charge in [0.25, 0.3) is 6.43 Å². The summed E-state index contributed by atoms with van der Waals surface area (Å²) < 4.78 is 75.3. The molecule has 1 heterocycles. The highest BCUT2D eigenvalue weighted by molar-refractivity contribution is 5.37. The van der Waals surface area contributed by atoms with E-state index in [2.05, 4.69) is 4.98 Å².